The van der Waals surface area contributed by atoms with Gasteiger partial charge in [0.15, 0.2) is 0 Å². The summed E-state index contributed by atoms with van der Waals surface area (Å²) in [6, 6.07) is 6.42. The van der Waals surface area contributed by atoms with Crippen LogP contribution in [0.4, 0.5) is 5.69 Å². The molecule has 0 radical (unpaired) electrons. The molecule has 0 unspecified atom stereocenters. The summed E-state index contributed by atoms with van der Waals surface area (Å²) in [5.74, 6) is -1.66. The number of carbonyl (C=O) groups is 3. The Hall–Kier alpha value is -2.43. The molecule has 1 aliphatic heterocycles. The van der Waals surface area contributed by atoms with Crippen LogP contribution in [0.1, 0.15) is 26.3 Å². The van der Waals surface area contributed by atoms with Crippen molar-refractivity contribution in [1.29, 1.82) is 0 Å². The third kappa shape index (κ3) is 2.11. The minimum Gasteiger partial charge on any atom is -0.481 e. The maximum Gasteiger partial charge on any atom is 0.313 e. The van der Waals surface area contributed by atoms with Gasteiger partial charge in [-0.1, -0.05) is 12.1 Å². The molecule has 0 aromatic heterocycles. The first-order chi connectivity index (χ1) is 9.25. The molecule has 104 valence electrons. The molecule has 1 heterocycles. The van der Waals surface area contributed by atoms with Crippen molar-refractivity contribution in [3.05, 3.63) is 41.5 Å². The van der Waals surface area contributed by atoms with Gasteiger partial charge < -0.3 is 5.11 Å². The van der Waals surface area contributed by atoms with E-state index in [1.54, 1.807) is 45.0 Å². The zero-order valence-electron chi connectivity index (χ0n) is 11.5. The predicted octanol–water partition coefficient (Wildman–Crippen LogP) is 1.87. The van der Waals surface area contributed by atoms with Crippen molar-refractivity contribution >= 4 is 23.5 Å². The van der Waals surface area contributed by atoms with Gasteiger partial charge in [0.2, 0.25) is 0 Å². The number of carbonyl (C=O) groups excluding carboxylic acids is 2. The van der Waals surface area contributed by atoms with Gasteiger partial charge in [-0.2, -0.15) is 0 Å². The van der Waals surface area contributed by atoms with Crippen LogP contribution in [0.3, 0.4) is 0 Å². The number of anilines is 1. The maximum absolute atomic E-state index is 11.8. The number of hydrogen-bond acceptors (Lipinski definition) is 3. The van der Waals surface area contributed by atoms with Gasteiger partial charge in [-0.15, -0.1) is 0 Å². The van der Waals surface area contributed by atoms with Gasteiger partial charge in [0.25, 0.3) is 11.8 Å². The van der Waals surface area contributed by atoms with E-state index < -0.39 is 11.4 Å². The lowest BCUT2D eigenvalue weighted by Crippen LogP contribution is -2.31. The monoisotopic (exact) mass is 273 g/mol. The maximum atomic E-state index is 11.8. The molecule has 0 saturated carbocycles. The van der Waals surface area contributed by atoms with E-state index in [0.717, 1.165) is 4.90 Å². The third-order valence-electron chi connectivity index (χ3n) is 3.48. The van der Waals surface area contributed by atoms with Crippen LogP contribution in [-0.2, 0) is 19.8 Å². The molecule has 5 nitrogen and oxygen atoms in total. The number of benzene rings is 1. The van der Waals surface area contributed by atoms with Crippen molar-refractivity contribution in [3.63, 3.8) is 0 Å². The average Bonchev–Trinajstić information content (AvgIpc) is 2.63. The molecule has 1 aromatic rings. The molecule has 1 N–H and O–H groups in total. The predicted molar refractivity (Wildman–Crippen MR) is 73.4 cm³/mol. The molecule has 0 bridgehead atoms. The summed E-state index contributed by atoms with van der Waals surface area (Å²) in [6.45, 7) is 4.78. The first kappa shape index (κ1) is 14.0. The molecule has 1 aromatic carbocycles. The molecule has 2 rings (SSSR count). The highest BCUT2D eigenvalue weighted by molar-refractivity contribution is 6.30. The minimum atomic E-state index is -1.02. The second-order valence-electron chi connectivity index (χ2n) is 5.28. The summed E-state index contributed by atoms with van der Waals surface area (Å²) in [4.78, 5) is 35.8. The molecule has 0 atom stereocenters. The zero-order valence-corrected chi connectivity index (χ0v) is 11.5. The zero-order chi connectivity index (χ0) is 15.1. The summed E-state index contributed by atoms with van der Waals surface area (Å²) in [6.07, 6.45) is 1.29. The van der Waals surface area contributed by atoms with E-state index in [1.807, 2.05) is 0 Å². The summed E-state index contributed by atoms with van der Waals surface area (Å²) in [7, 11) is 0. The van der Waals surface area contributed by atoms with Gasteiger partial charge >= 0.3 is 5.97 Å². The van der Waals surface area contributed by atoms with Crippen molar-refractivity contribution in [2.24, 2.45) is 0 Å². The Balaban J connectivity index is 2.33. The van der Waals surface area contributed by atoms with Crippen molar-refractivity contribution in [3.8, 4) is 0 Å². The van der Waals surface area contributed by atoms with Gasteiger partial charge in [0, 0.05) is 11.6 Å². The van der Waals surface area contributed by atoms with Crippen molar-refractivity contribution in [1.82, 2.24) is 0 Å². The van der Waals surface area contributed by atoms with Gasteiger partial charge in [-0.3, -0.25) is 14.4 Å². The smallest absolute Gasteiger partial charge is 0.313 e. The van der Waals surface area contributed by atoms with Crippen molar-refractivity contribution in [2.45, 2.75) is 26.2 Å². The first-order valence-electron chi connectivity index (χ1n) is 6.16. The summed E-state index contributed by atoms with van der Waals surface area (Å²) < 4.78 is 0. The number of carboxylic acids is 1. The highest BCUT2D eigenvalue weighted by Crippen LogP contribution is 2.28. The van der Waals surface area contributed by atoms with Crippen LogP contribution in [0.15, 0.2) is 35.9 Å². The molecule has 20 heavy (non-hydrogen) atoms. The Morgan fingerprint density at radius 2 is 1.70 bits per heavy atom. The highest BCUT2D eigenvalue weighted by Gasteiger charge is 2.32. The van der Waals surface area contributed by atoms with Crippen molar-refractivity contribution < 1.29 is 19.5 Å². The van der Waals surface area contributed by atoms with Gasteiger partial charge in [0.05, 0.1) is 11.1 Å². The average molecular weight is 273 g/mol. The van der Waals surface area contributed by atoms with E-state index in [4.69, 9.17) is 5.11 Å². The summed E-state index contributed by atoms with van der Waals surface area (Å²) in [5.41, 5.74) is 0.423. The quantitative estimate of drug-likeness (QED) is 0.853. The van der Waals surface area contributed by atoms with Crippen LogP contribution in [0.2, 0.25) is 0 Å². The molecule has 0 aliphatic carbocycles. The fourth-order valence-electron chi connectivity index (χ4n) is 1.98. The van der Waals surface area contributed by atoms with E-state index in [1.165, 1.54) is 6.08 Å². The van der Waals surface area contributed by atoms with E-state index in [-0.39, 0.29) is 11.8 Å². The fraction of sp³-hybridized carbons (Fsp3) is 0.267. The second-order valence-corrected chi connectivity index (χ2v) is 5.28. The second kappa shape index (κ2) is 4.59. The van der Waals surface area contributed by atoms with E-state index in [2.05, 4.69) is 0 Å². The Morgan fingerprint density at radius 1 is 1.15 bits per heavy atom. The Kier molecular flexibility index (Phi) is 3.21. The van der Waals surface area contributed by atoms with Gasteiger partial charge in [-0.25, -0.2) is 4.90 Å². The fourth-order valence-corrected chi connectivity index (χ4v) is 1.98. The number of imide groups is 1. The molecule has 0 fully saturated rings. The number of carboxylic acid groups (broad SMARTS) is 1. The Morgan fingerprint density at radius 3 is 2.10 bits per heavy atom. The lowest BCUT2D eigenvalue weighted by molar-refractivity contribution is -0.142. The standard InChI is InChI=1S/C15H15NO4/c1-9-8-12(17)16(13(9)18)11-6-4-10(5-7-11)15(2,3)14(19)20/h4-8H,1-3H3,(H,19,20). The molecule has 2 amide bonds. The van der Waals surface area contributed by atoms with Gasteiger partial charge in [0.1, 0.15) is 0 Å². The number of rotatable bonds is 3. The molecule has 0 saturated heterocycles. The Labute approximate surface area is 116 Å². The van der Waals surface area contributed by atoms with E-state index in [0.29, 0.717) is 16.8 Å². The molecular formula is C15H15NO4. The number of aliphatic carboxylic acids is 1. The van der Waals surface area contributed by atoms with E-state index >= 15 is 0 Å². The summed E-state index contributed by atoms with van der Waals surface area (Å²) in [5, 5.41) is 9.17. The van der Waals surface area contributed by atoms with Crippen LogP contribution >= 0.6 is 0 Å². The first-order valence-corrected chi connectivity index (χ1v) is 6.16. The molecular weight excluding hydrogens is 258 g/mol. The van der Waals surface area contributed by atoms with Crippen molar-refractivity contribution in [2.75, 3.05) is 4.90 Å². The lowest BCUT2D eigenvalue weighted by Gasteiger charge is -2.21. The number of nitrogens with zero attached hydrogens (tertiary/aromatic N) is 1. The van der Waals surface area contributed by atoms with Crippen LogP contribution in [0.25, 0.3) is 0 Å². The number of amides is 2. The molecule has 5 heteroatoms. The van der Waals surface area contributed by atoms with Crippen LogP contribution in [0, 0.1) is 0 Å². The third-order valence-corrected chi connectivity index (χ3v) is 3.48. The lowest BCUT2D eigenvalue weighted by atomic mass is 9.85. The van der Waals surface area contributed by atoms with E-state index in [9.17, 15) is 14.4 Å². The largest absolute Gasteiger partial charge is 0.481 e. The highest BCUT2D eigenvalue weighted by atomic mass is 16.4. The Bertz CT molecular complexity index is 626. The number of hydrogen-bond donors (Lipinski definition) is 1. The normalized spacial score (nSPS) is 15.6. The van der Waals surface area contributed by atoms with Crippen LogP contribution in [0.5, 0.6) is 0 Å². The van der Waals surface area contributed by atoms with Crippen LogP contribution < -0.4 is 4.90 Å². The minimum absolute atomic E-state index is 0.347. The topological polar surface area (TPSA) is 74.7 Å². The molecule has 0 spiro atoms. The van der Waals surface area contributed by atoms with Crippen LogP contribution in [-0.4, -0.2) is 22.9 Å². The SMILES string of the molecule is CC1=CC(=O)N(c2ccc(C(C)(C)C(=O)O)cc2)C1=O. The molecule has 1 aliphatic rings. The summed E-state index contributed by atoms with van der Waals surface area (Å²) >= 11 is 0. The van der Waals surface area contributed by atoms with Gasteiger partial charge in [-0.05, 0) is 38.5 Å².